The van der Waals surface area contributed by atoms with Gasteiger partial charge in [0.05, 0.1) is 10.6 Å². The summed E-state index contributed by atoms with van der Waals surface area (Å²) in [6.07, 6.45) is -3.40. The molecule has 1 heterocycles. The summed E-state index contributed by atoms with van der Waals surface area (Å²) in [6.45, 7) is 0.985. The second kappa shape index (κ2) is 6.01. The zero-order chi connectivity index (χ0) is 14.8. The molecule has 0 aliphatic carbocycles. The van der Waals surface area contributed by atoms with Crippen LogP contribution in [0.4, 0.5) is 18.9 Å². The number of rotatable bonds is 2. The van der Waals surface area contributed by atoms with Crippen LogP contribution in [-0.2, 0) is 15.7 Å². The summed E-state index contributed by atoms with van der Waals surface area (Å²) in [5.74, 6) is -0.516. The van der Waals surface area contributed by atoms with Gasteiger partial charge >= 0.3 is 6.18 Å². The van der Waals surface area contributed by atoms with Crippen LogP contribution in [-0.4, -0.2) is 19.1 Å². The molecule has 1 saturated heterocycles. The van der Waals surface area contributed by atoms with Gasteiger partial charge in [0.15, 0.2) is 0 Å². The Morgan fingerprint density at radius 3 is 2.55 bits per heavy atom. The maximum absolute atomic E-state index is 12.7. The van der Waals surface area contributed by atoms with Gasteiger partial charge < -0.3 is 10.1 Å². The molecule has 0 radical (unpaired) electrons. The monoisotopic (exact) mass is 307 g/mol. The van der Waals surface area contributed by atoms with E-state index in [0.717, 1.165) is 12.1 Å². The lowest BCUT2D eigenvalue weighted by Gasteiger charge is -2.21. The minimum absolute atomic E-state index is 0.0956. The Kier molecular flexibility index (Phi) is 4.55. The van der Waals surface area contributed by atoms with E-state index in [0.29, 0.717) is 26.1 Å². The van der Waals surface area contributed by atoms with Crippen molar-refractivity contribution in [2.24, 2.45) is 5.92 Å². The Bertz CT molecular complexity index is 499. The van der Waals surface area contributed by atoms with Crippen molar-refractivity contribution < 1.29 is 22.7 Å². The normalized spacial score (nSPS) is 17.0. The van der Waals surface area contributed by atoms with E-state index in [1.165, 1.54) is 6.07 Å². The van der Waals surface area contributed by atoms with Crippen LogP contribution in [0, 0.1) is 5.92 Å². The number of alkyl halides is 3. The van der Waals surface area contributed by atoms with Crippen molar-refractivity contribution in [2.45, 2.75) is 19.0 Å². The molecule has 7 heteroatoms. The Hall–Kier alpha value is -1.27. The second-order valence-electron chi connectivity index (χ2n) is 4.57. The first-order valence-electron chi connectivity index (χ1n) is 6.13. The summed E-state index contributed by atoms with van der Waals surface area (Å²) in [5.41, 5.74) is -0.859. The fraction of sp³-hybridized carbons (Fsp3) is 0.462. The Morgan fingerprint density at radius 1 is 1.30 bits per heavy atom. The quantitative estimate of drug-likeness (QED) is 0.904. The zero-order valence-corrected chi connectivity index (χ0v) is 11.2. The molecule has 0 bridgehead atoms. The lowest BCUT2D eigenvalue weighted by atomic mass is 9.99. The predicted molar refractivity (Wildman–Crippen MR) is 68.6 cm³/mol. The van der Waals surface area contributed by atoms with Crippen LogP contribution in [0.5, 0.6) is 0 Å². The number of amides is 1. The minimum Gasteiger partial charge on any atom is -0.381 e. The fourth-order valence-corrected chi connectivity index (χ4v) is 2.25. The number of nitrogens with one attached hydrogen (secondary N) is 1. The molecule has 3 nitrogen and oxygen atoms in total. The molecule has 0 unspecified atom stereocenters. The first-order valence-corrected chi connectivity index (χ1v) is 6.51. The molecule has 2 rings (SSSR count). The molecule has 0 spiro atoms. The van der Waals surface area contributed by atoms with Gasteiger partial charge in [-0.15, -0.1) is 0 Å². The highest BCUT2D eigenvalue weighted by Gasteiger charge is 2.33. The standard InChI is InChI=1S/C13H13ClF3NO2/c14-11-2-1-9(7-10(11)13(15,16)17)18-12(19)8-3-5-20-6-4-8/h1-2,7-8H,3-6H2,(H,18,19). The second-order valence-corrected chi connectivity index (χ2v) is 4.98. The van der Waals surface area contributed by atoms with Crippen molar-refractivity contribution in [1.29, 1.82) is 0 Å². The summed E-state index contributed by atoms with van der Waals surface area (Å²) in [5, 5.41) is 2.11. The van der Waals surface area contributed by atoms with Crippen molar-refractivity contribution in [1.82, 2.24) is 0 Å². The highest BCUT2D eigenvalue weighted by molar-refractivity contribution is 6.31. The molecule has 1 fully saturated rings. The molecule has 1 aliphatic heterocycles. The Morgan fingerprint density at radius 2 is 1.95 bits per heavy atom. The van der Waals surface area contributed by atoms with Crippen LogP contribution in [0.1, 0.15) is 18.4 Å². The molecular formula is C13H13ClF3NO2. The van der Waals surface area contributed by atoms with Crippen molar-refractivity contribution in [3.8, 4) is 0 Å². The Balaban J connectivity index is 2.11. The van der Waals surface area contributed by atoms with E-state index in [1.807, 2.05) is 0 Å². The van der Waals surface area contributed by atoms with E-state index >= 15 is 0 Å². The van der Waals surface area contributed by atoms with E-state index in [9.17, 15) is 18.0 Å². The largest absolute Gasteiger partial charge is 0.417 e. The maximum atomic E-state index is 12.7. The molecule has 0 saturated carbocycles. The third-order valence-electron chi connectivity index (χ3n) is 3.13. The van der Waals surface area contributed by atoms with Gasteiger partial charge in [0.25, 0.3) is 0 Å². The number of halogens is 4. The molecule has 0 atom stereocenters. The molecule has 1 N–H and O–H groups in total. The topological polar surface area (TPSA) is 38.3 Å². The molecule has 1 aromatic carbocycles. The number of hydrogen-bond acceptors (Lipinski definition) is 2. The van der Waals surface area contributed by atoms with Crippen molar-refractivity contribution >= 4 is 23.2 Å². The number of carbonyl (C=O) groups excluding carboxylic acids is 1. The summed E-state index contributed by atoms with van der Waals surface area (Å²) in [6, 6.07) is 3.33. The van der Waals surface area contributed by atoms with Crippen LogP contribution in [0.3, 0.4) is 0 Å². The van der Waals surface area contributed by atoms with E-state index in [1.54, 1.807) is 0 Å². The zero-order valence-electron chi connectivity index (χ0n) is 10.5. The van der Waals surface area contributed by atoms with E-state index in [2.05, 4.69) is 5.32 Å². The van der Waals surface area contributed by atoms with Crippen LogP contribution in [0.25, 0.3) is 0 Å². The molecule has 1 aromatic rings. The van der Waals surface area contributed by atoms with Gasteiger partial charge in [-0.1, -0.05) is 11.6 Å². The van der Waals surface area contributed by atoms with Crippen molar-refractivity contribution in [3.63, 3.8) is 0 Å². The lowest BCUT2D eigenvalue weighted by molar-refractivity contribution is -0.137. The van der Waals surface area contributed by atoms with Gasteiger partial charge in [0, 0.05) is 24.8 Å². The summed E-state index contributed by atoms with van der Waals surface area (Å²) < 4.78 is 43.3. The number of benzene rings is 1. The van der Waals surface area contributed by atoms with Crippen molar-refractivity contribution in [2.75, 3.05) is 18.5 Å². The fourth-order valence-electron chi connectivity index (χ4n) is 2.02. The maximum Gasteiger partial charge on any atom is 0.417 e. The highest BCUT2D eigenvalue weighted by atomic mass is 35.5. The highest BCUT2D eigenvalue weighted by Crippen LogP contribution is 2.36. The van der Waals surface area contributed by atoms with E-state index in [-0.39, 0.29) is 22.5 Å². The average Bonchev–Trinajstić information content (AvgIpc) is 2.40. The number of carbonyl (C=O) groups is 1. The molecular weight excluding hydrogens is 295 g/mol. The van der Waals surface area contributed by atoms with Crippen LogP contribution >= 0.6 is 11.6 Å². The summed E-state index contributed by atoms with van der Waals surface area (Å²) in [7, 11) is 0. The minimum atomic E-state index is -4.55. The van der Waals surface area contributed by atoms with E-state index in [4.69, 9.17) is 16.3 Å². The molecule has 1 aliphatic rings. The third kappa shape index (κ3) is 3.64. The van der Waals surface area contributed by atoms with Gasteiger partial charge in [-0.2, -0.15) is 13.2 Å². The van der Waals surface area contributed by atoms with Crippen LogP contribution in [0.2, 0.25) is 5.02 Å². The first kappa shape index (κ1) is 15.1. The van der Waals surface area contributed by atoms with E-state index < -0.39 is 11.7 Å². The molecule has 1 amide bonds. The van der Waals surface area contributed by atoms with Crippen LogP contribution in [0.15, 0.2) is 18.2 Å². The smallest absolute Gasteiger partial charge is 0.381 e. The number of ether oxygens (including phenoxy) is 1. The van der Waals surface area contributed by atoms with Gasteiger partial charge in [-0.05, 0) is 31.0 Å². The number of hydrogen-bond donors (Lipinski definition) is 1. The summed E-state index contributed by atoms with van der Waals surface area (Å²) >= 11 is 5.52. The predicted octanol–water partition coefficient (Wildman–Crippen LogP) is 3.72. The van der Waals surface area contributed by atoms with Gasteiger partial charge in [0.1, 0.15) is 0 Å². The Labute approximate surface area is 119 Å². The SMILES string of the molecule is O=C(Nc1ccc(Cl)c(C(F)(F)F)c1)C1CCOCC1. The molecule has 20 heavy (non-hydrogen) atoms. The van der Waals surface area contributed by atoms with Gasteiger partial charge in [0.2, 0.25) is 5.91 Å². The van der Waals surface area contributed by atoms with Gasteiger partial charge in [-0.3, -0.25) is 4.79 Å². The first-order chi connectivity index (χ1) is 9.38. The third-order valence-corrected chi connectivity index (χ3v) is 3.46. The number of anilines is 1. The van der Waals surface area contributed by atoms with Gasteiger partial charge in [-0.25, -0.2) is 0 Å². The molecule has 110 valence electrons. The van der Waals surface area contributed by atoms with Crippen molar-refractivity contribution in [3.05, 3.63) is 28.8 Å². The molecule has 0 aromatic heterocycles. The lowest BCUT2D eigenvalue weighted by Crippen LogP contribution is -2.28. The average molecular weight is 308 g/mol. The summed E-state index contributed by atoms with van der Waals surface area (Å²) in [4.78, 5) is 11.9. The van der Waals surface area contributed by atoms with Crippen LogP contribution < -0.4 is 5.32 Å².